The molecule has 3 aromatic carbocycles. The molecule has 0 unspecified atom stereocenters. The van der Waals surface area contributed by atoms with Crippen LogP contribution in [0.3, 0.4) is 0 Å². The van der Waals surface area contributed by atoms with E-state index in [4.69, 9.17) is 37.4 Å². The minimum absolute atomic E-state index is 0.112. The molecule has 37 heavy (non-hydrogen) atoms. The second kappa shape index (κ2) is 12.4. The molecule has 0 spiro atoms. The van der Waals surface area contributed by atoms with Gasteiger partial charge in [-0.1, -0.05) is 53.0 Å². The molecule has 9 heteroatoms. The lowest BCUT2D eigenvalue weighted by Gasteiger charge is -2.14. The third kappa shape index (κ3) is 7.01. The predicted molar refractivity (Wildman–Crippen MR) is 148 cm³/mol. The van der Waals surface area contributed by atoms with E-state index in [1.54, 1.807) is 36.4 Å². The molecule has 1 aliphatic heterocycles. The minimum atomic E-state index is -0.368. The Morgan fingerprint density at radius 2 is 1.62 bits per heavy atom. The van der Waals surface area contributed by atoms with Crippen LogP contribution in [0.1, 0.15) is 23.6 Å². The standard InChI is InChI=1S/C28H25Cl2NO5S/c1-3-34-25-15-19(7-11-24(25)36-13-12-35-21-8-4-18(2)5-9-21)16-26-27(32)31(28(33)37-26)17-20-6-10-22(29)23(30)14-20/h4-11,14-16H,3,12-13,17H2,1-2H3/b26-16-. The lowest BCUT2D eigenvalue weighted by Crippen LogP contribution is -2.27. The number of carbonyl (C=O) groups excluding carboxylic acids is 2. The van der Waals surface area contributed by atoms with Crippen LogP contribution >= 0.6 is 35.0 Å². The molecule has 3 aromatic rings. The summed E-state index contributed by atoms with van der Waals surface area (Å²) < 4.78 is 17.3. The van der Waals surface area contributed by atoms with Crippen molar-refractivity contribution in [2.45, 2.75) is 20.4 Å². The molecule has 2 amide bonds. The fourth-order valence-electron chi connectivity index (χ4n) is 3.56. The SMILES string of the molecule is CCOc1cc(/C=C2\SC(=O)N(Cc3ccc(Cl)c(Cl)c3)C2=O)ccc1OCCOc1ccc(C)cc1. The van der Waals surface area contributed by atoms with E-state index in [9.17, 15) is 9.59 Å². The summed E-state index contributed by atoms with van der Waals surface area (Å²) in [5.41, 5.74) is 2.59. The third-order valence-electron chi connectivity index (χ3n) is 5.39. The average Bonchev–Trinajstić information content (AvgIpc) is 3.13. The van der Waals surface area contributed by atoms with Gasteiger partial charge in [0.1, 0.15) is 19.0 Å². The fraction of sp³-hybridized carbons (Fsp3) is 0.214. The van der Waals surface area contributed by atoms with Gasteiger partial charge in [-0.15, -0.1) is 0 Å². The van der Waals surface area contributed by atoms with Crippen LogP contribution in [-0.4, -0.2) is 35.9 Å². The van der Waals surface area contributed by atoms with E-state index < -0.39 is 0 Å². The molecule has 192 valence electrons. The van der Waals surface area contributed by atoms with E-state index in [2.05, 4.69) is 0 Å². The average molecular weight is 558 g/mol. The third-order valence-corrected chi connectivity index (χ3v) is 7.04. The number of hydrogen-bond donors (Lipinski definition) is 0. The maximum absolute atomic E-state index is 13.0. The first-order valence-electron chi connectivity index (χ1n) is 11.6. The van der Waals surface area contributed by atoms with Gasteiger partial charge < -0.3 is 14.2 Å². The second-order valence-electron chi connectivity index (χ2n) is 8.17. The van der Waals surface area contributed by atoms with Crippen molar-refractivity contribution >= 4 is 52.2 Å². The summed E-state index contributed by atoms with van der Waals surface area (Å²) >= 11 is 12.9. The number of imide groups is 1. The van der Waals surface area contributed by atoms with Crippen LogP contribution in [0.2, 0.25) is 10.0 Å². The number of aryl methyl sites for hydroxylation is 1. The van der Waals surface area contributed by atoms with E-state index in [1.165, 1.54) is 10.5 Å². The summed E-state index contributed by atoms with van der Waals surface area (Å²) in [6.07, 6.45) is 1.67. The fourth-order valence-corrected chi connectivity index (χ4v) is 4.71. The lowest BCUT2D eigenvalue weighted by molar-refractivity contribution is -0.123. The van der Waals surface area contributed by atoms with Crippen LogP contribution in [0.4, 0.5) is 4.79 Å². The molecule has 0 bridgehead atoms. The Kier molecular flexibility index (Phi) is 9.03. The number of carbonyl (C=O) groups is 2. The first-order chi connectivity index (χ1) is 17.8. The molecule has 0 aliphatic carbocycles. The number of benzene rings is 3. The molecule has 1 heterocycles. The Morgan fingerprint density at radius 3 is 2.35 bits per heavy atom. The largest absolute Gasteiger partial charge is 0.490 e. The monoisotopic (exact) mass is 557 g/mol. The smallest absolute Gasteiger partial charge is 0.293 e. The summed E-state index contributed by atoms with van der Waals surface area (Å²) in [5.74, 6) is 1.52. The van der Waals surface area contributed by atoms with E-state index in [-0.39, 0.29) is 17.7 Å². The van der Waals surface area contributed by atoms with Crippen LogP contribution in [0, 0.1) is 6.92 Å². The van der Waals surface area contributed by atoms with E-state index in [0.717, 1.165) is 17.5 Å². The molecule has 0 aromatic heterocycles. The van der Waals surface area contributed by atoms with E-state index in [0.29, 0.717) is 57.4 Å². The quantitative estimate of drug-likeness (QED) is 0.191. The van der Waals surface area contributed by atoms with E-state index >= 15 is 0 Å². The number of ether oxygens (including phenoxy) is 3. The zero-order valence-corrected chi connectivity index (χ0v) is 22.7. The zero-order chi connectivity index (χ0) is 26.4. The Hall–Kier alpha value is -3.13. The first kappa shape index (κ1) is 26.9. The first-order valence-corrected chi connectivity index (χ1v) is 13.2. The zero-order valence-electron chi connectivity index (χ0n) is 20.3. The van der Waals surface area contributed by atoms with Gasteiger partial charge in [0.05, 0.1) is 28.1 Å². The maximum Gasteiger partial charge on any atom is 0.293 e. The summed E-state index contributed by atoms with van der Waals surface area (Å²) in [4.78, 5) is 27.0. The Bertz CT molecular complexity index is 1330. The molecule has 0 atom stereocenters. The highest BCUT2D eigenvalue weighted by molar-refractivity contribution is 8.18. The second-order valence-corrected chi connectivity index (χ2v) is 9.97. The van der Waals surface area contributed by atoms with Gasteiger partial charge in [0.15, 0.2) is 11.5 Å². The van der Waals surface area contributed by atoms with Crippen molar-refractivity contribution in [1.82, 2.24) is 4.90 Å². The topological polar surface area (TPSA) is 65.1 Å². The molecular formula is C28H25Cl2NO5S. The van der Waals surface area contributed by atoms with Crippen molar-refractivity contribution in [2.24, 2.45) is 0 Å². The van der Waals surface area contributed by atoms with Gasteiger partial charge in [0, 0.05) is 0 Å². The number of hydrogen-bond acceptors (Lipinski definition) is 6. The van der Waals surface area contributed by atoms with Gasteiger partial charge in [-0.25, -0.2) is 0 Å². The normalized spacial score (nSPS) is 14.4. The molecule has 1 aliphatic rings. The molecule has 4 rings (SSSR count). The van der Waals surface area contributed by atoms with Gasteiger partial charge in [-0.3, -0.25) is 14.5 Å². The van der Waals surface area contributed by atoms with Crippen LogP contribution in [0.5, 0.6) is 17.2 Å². The summed E-state index contributed by atoms with van der Waals surface area (Å²) in [5, 5.41) is 0.436. The van der Waals surface area contributed by atoms with Gasteiger partial charge in [0.25, 0.3) is 11.1 Å². The van der Waals surface area contributed by atoms with Crippen molar-refractivity contribution < 1.29 is 23.8 Å². The van der Waals surface area contributed by atoms with Gasteiger partial charge in [0.2, 0.25) is 0 Å². The molecule has 1 fully saturated rings. The Balaban J connectivity index is 1.41. The molecule has 0 radical (unpaired) electrons. The van der Waals surface area contributed by atoms with Crippen LogP contribution in [-0.2, 0) is 11.3 Å². The highest BCUT2D eigenvalue weighted by Gasteiger charge is 2.35. The van der Waals surface area contributed by atoms with Crippen LogP contribution in [0.15, 0.2) is 65.6 Å². The van der Waals surface area contributed by atoms with Gasteiger partial charge >= 0.3 is 0 Å². The van der Waals surface area contributed by atoms with Crippen molar-refractivity contribution in [1.29, 1.82) is 0 Å². The molecular weight excluding hydrogens is 533 g/mol. The van der Waals surface area contributed by atoms with E-state index in [1.807, 2.05) is 44.2 Å². The van der Waals surface area contributed by atoms with Crippen molar-refractivity contribution in [3.8, 4) is 17.2 Å². The lowest BCUT2D eigenvalue weighted by atomic mass is 10.1. The Morgan fingerprint density at radius 1 is 0.865 bits per heavy atom. The van der Waals surface area contributed by atoms with Crippen molar-refractivity contribution in [3.05, 3.63) is 92.3 Å². The van der Waals surface area contributed by atoms with Crippen LogP contribution in [0.25, 0.3) is 6.08 Å². The molecule has 6 nitrogen and oxygen atoms in total. The summed E-state index contributed by atoms with van der Waals surface area (Å²) in [6, 6.07) is 18.2. The van der Waals surface area contributed by atoms with Crippen LogP contribution < -0.4 is 14.2 Å². The number of thioether (sulfide) groups is 1. The van der Waals surface area contributed by atoms with Gasteiger partial charge in [-0.05, 0) is 79.2 Å². The summed E-state index contributed by atoms with van der Waals surface area (Å²) in [7, 11) is 0. The van der Waals surface area contributed by atoms with Crippen molar-refractivity contribution in [3.63, 3.8) is 0 Å². The number of rotatable bonds is 10. The summed E-state index contributed by atoms with van der Waals surface area (Å²) in [6.45, 7) is 5.17. The molecule has 0 saturated carbocycles. The highest BCUT2D eigenvalue weighted by Crippen LogP contribution is 2.36. The molecule has 0 N–H and O–H groups in total. The minimum Gasteiger partial charge on any atom is -0.490 e. The number of halogens is 2. The highest BCUT2D eigenvalue weighted by atomic mass is 35.5. The predicted octanol–water partition coefficient (Wildman–Crippen LogP) is 7.39. The van der Waals surface area contributed by atoms with Gasteiger partial charge in [-0.2, -0.15) is 0 Å². The molecule has 1 saturated heterocycles. The Labute approximate surface area is 230 Å². The van der Waals surface area contributed by atoms with Crippen molar-refractivity contribution in [2.75, 3.05) is 19.8 Å². The maximum atomic E-state index is 13.0. The number of nitrogens with zero attached hydrogens (tertiary/aromatic N) is 1. The number of amides is 2.